The normalized spacial score (nSPS) is 22.3. The third-order valence-electron chi connectivity index (χ3n) is 19.1. The summed E-state index contributed by atoms with van der Waals surface area (Å²) in [5, 5.41) is 87.7. The summed E-state index contributed by atoms with van der Waals surface area (Å²) in [6, 6.07) is -0.971. The minimum atomic E-state index is -1.81. The molecule has 9 N–H and O–H groups in total. The number of rotatable bonds is 68. The van der Waals surface area contributed by atoms with E-state index >= 15 is 0 Å². The minimum absolute atomic E-state index is 0.207. The molecule has 2 saturated heterocycles. The van der Waals surface area contributed by atoms with Crippen molar-refractivity contribution in [2.24, 2.45) is 0 Å². The van der Waals surface area contributed by atoms with Crippen molar-refractivity contribution in [3.05, 3.63) is 170 Å². The highest BCUT2D eigenvalue weighted by molar-refractivity contribution is 5.76. The van der Waals surface area contributed by atoms with Crippen LogP contribution in [0.15, 0.2) is 170 Å². The molecule has 0 aliphatic carbocycles. The summed E-state index contributed by atoms with van der Waals surface area (Å²) in [5.74, 6) is -0.295. The molecule has 2 aliphatic heterocycles. The van der Waals surface area contributed by atoms with E-state index < -0.39 is 86.8 Å². The lowest BCUT2D eigenvalue weighted by molar-refractivity contribution is -0.359. The quantitative estimate of drug-likeness (QED) is 0.0204. The van der Waals surface area contributed by atoms with Crippen LogP contribution >= 0.6 is 0 Å². The van der Waals surface area contributed by atoms with E-state index in [1.54, 1.807) is 6.08 Å². The lowest BCUT2D eigenvalue weighted by atomic mass is 9.97. The summed E-state index contributed by atoms with van der Waals surface area (Å²) in [6.07, 6.45) is 95.9. The second-order valence-electron chi connectivity index (χ2n) is 28.5. The molecule has 598 valence electrons. The molecule has 0 saturated carbocycles. The van der Waals surface area contributed by atoms with E-state index in [9.17, 15) is 45.6 Å². The van der Waals surface area contributed by atoms with E-state index in [0.29, 0.717) is 12.8 Å². The molecule has 0 aromatic heterocycles. The predicted octanol–water partition coefficient (Wildman–Crippen LogP) is 19.9. The van der Waals surface area contributed by atoms with Gasteiger partial charge in [0.1, 0.15) is 48.8 Å². The number of aliphatic hydroxyl groups is 8. The highest BCUT2D eigenvalue weighted by Crippen LogP contribution is 2.30. The summed E-state index contributed by atoms with van der Waals surface area (Å²) in [7, 11) is 0. The van der Waals surface area contributed by atoms with Crippen LogP contribution in [0.4, 0.5) is 0 Å². The molecule has 0 spiro atoms. The number of allylic oxidation sites excluding steroid dienone is 27. The first-order valence-corrected chi connectivity index (χ1v) is 41.9. The first-order chi connectivity index (χ1) is 51.6. The summed E-state index contributed by atoms with van der Waals surface area (Å²) >= 11 is 0. The van der Waals surface area contributed by atoms with Crippen LogP contribution in [0.1, 0.15) is 303 Å². The summed E-state index contributed by atoms with van der Waals surface area (Å²) in [4.78, 5) is 13.4. The second kappa shape index (κ2) is 72.2. The van der Waals surface area contributed by atoms with Crippen LogP contribution in [-0.4, -0.2) is 140 Å². The molecule has 14 nitrogen and oxygen atoms in total. The highest BCUT2D eigenvalue weighted by Gasteiger charge is 2.51. The number of carbonyl (C=O) groups is 1. The Hall–Kier alpha value is -4.65. The van der Waals surface area contributed by atoms with E-state index in [1.165, 1.54) is 167 Å². The number of hydrogen-bond acceptors (Lipinski definition) is 13. The number of aliphatic hydroxyl groups excluding tert-OH is 8. The number of amides is 1. The fourth-order valence-corrected chi connectivity index (χ4v) is 12.6. The van der Waals surface area contributed by atoms with E-state index in [1.807, 2.05) is 6.08 Å². The molecule has 0 aromatic rings. The molecular weight excluding hydrogens is 1310 g/mol. The van der Waals surface area contributed by atoms with Gasteiger partial charge in [0.2, 0.25) is 5.91 Å². The molecule has 105 heavy (non-hydrogen) atoms. The molecule has 2 aliphatic rings. The minimum Gasteiger partial charge on any atom is -0.394 e. The van der Waals surface area contributed by atoms with Gasteiger partial charge in [-0.3, -0.25) is 4.79 Å². The predicted molar refractivity (Wildman–Crippen MR) is 437 cm³/mol. The maximum absolute atomic E-state index is 13.4. The molecule has 12 unspecified atom stereocenters. The van der Waals surface area contributed by atoms with Crippen LogP contribution in [0.5, 0.6) is 0 Å². The zero-order valence-corrected chi connectivity index (χ0v) is 65.7. The first-order valence-electron chi connectivity index (χ1n) is 41.9. The first kappa shape index (κ1) is 96.4. The smallest absolute Gasteiger partial charge is 0.220 e. The Morgan fingerprint density at radius 2 is 0.667 bits per heavy atom. The molecule has 2 fully saturated rings. The fraction of sp³-hybridized carbons (Fsp3) is 0.681. The number of ether oxygens (including phenoxy) is 4. The zero-order chi connectivity index (χ0) is 75.8. The molecule has 12 atom stereocenters. The van der Waals surface area contributed by atoms with Crippen molar-refractivity contribution >= 4 is 5.91 Å². The van der Waals surface area contributed by atoms with Crippen LogP contribution in [-0.2, 0) is 23.7 Å². The third-order valence-corrected chi connectivity index (χ3v) is 19.1. The lowest BCUT2D eigenvalue weighted by Crippen LogP contribution is -2.65. The molecule has 0 bridgehead atoms. The van der Waals surface area contributed by atoms with Crippen LogP contribution in [0.3, 0.4) is 0 Å². The number of hydrogen-bond donors (Lipinski definition) is 9. The van der Waals surface area contributed by atoms with Gasteiger partial charge >= 0.3 is 0 Å². The van der Waals surface area contributed by atoms with Crippen molar-refractivity contribution in [3.63, 3.8) is 0 Å². The Balaban J connectivity index is 1.66. The van der Waals surface area contributed by atoms with Gasteiger partial charge in [0.05, 0.1) is 32.0 Å². The molecule has 0 aromatic carbocycles. The van der Waals surface area contributed by atoms with Gasteiger partial charge in [0.15, 0.2) is 12.6 Å². The van der Waals surface area contributed by atoms with Gasteiger partial charge in [0.25, 0.3) is 0 Å². The van der Waals surface area contributed by atoms with E-state index in [0.717, 1.165) is 103 Å². The van der Waals surface area contributed by atoms with Crippen LogP contribution in [0.25, 0.3) is 0 Å². The van der Waals surface area contributed by atoms with E-state index in [2.05, 4.69) is 177 Å². The standard InChI is InChI=1S/C91H151NO13/c1-3-5-7-9-11-13-15-17-19-21-23-25-27-29-31-33-35-37-38-39-40-41-42-43-45-47-49-51-53-55-57-59-61-63-65-67-69-71-73-75-83(96)92-79(78-102-90-88(101)86(99)89(82(77-94)104-90)105-91-87(100)85(98)84(97)81(76-93)103-91)80(95)74-72-70-68-66-64-62-60-58-56-54-52-50-48-46-44-36-34-32-30-28-26-24-22-20-18-16-14-12-10-8-6-4-2/h5,7,11,13,17,19,23,25,29,31,35,37,39-40,42-43,47,49,53,55,59,61,64-67,72,74,79-82,84-91,93-95,97-101H,3-4,6,8-10,12,14-16,18,20-22,24,26-28,30,32-34,36,38,41,44-46,48,50-52,54,56-58,60,62-63,68-71,73,75-78H2,1-2H3,(H,92,96)/b7-5-,13-11-,19-17-,25-23-,31-29-,37-35-,40-39-,43-42-,49-47-,55-53-,61-59-,66-64+,67-65-,74-72+. The Bertz CT molecular complexity index is 2430. The molecular formula is C91H151NO13. The monoisotopic (exact) mass is 1470 g/mol. The Labute approximate surface area is 638 Å². The van der Waals surface area contributed by atoms with Gasteiger partial charge in [-0.2, -0.15) is 0 Å². The van der Waals surface area contributed by atoms with E-state index in [-0.39, 0.29) is 18.9 Å². The molecule has 2 rings (SSSR count). The van der Waals surface area contributed by atoms with Gasteiger partial charge in [0, 0.05) is 6.42 Å². The molecule has 0 radical (unpaired) electrons. The average Bonchev–Trinajstić information content (AvgIpc) is 0.789. The number of nitrogens with one attached hydrogen (secondary N) is 1. The van der Waals surface area contributed by atoms with Crippen molar-refractivity contribution in [3.8, 4) is 0 Å². The Kier molecular flexibility index (Phi) is 66.3. The van der Waals surface area contributed by atoms with Gasteiger partial charge in [-0.15, -0.1) is 0 Å². The van der Waals surface area contributed by atoms with Crippen LogP contribution < -0.4 is 5.32 Å². The summed E-state index contributed by atoms with van der Waals surface area (Å²) in [6.45, 7) is 2.66. The topological polar surface area (TPSA) is 228 Å². The SMILES string of the molecule is CC/C=C\C/C=C\C/C=C\C/C=C\C/C=C\C/C=C\C/C=C\C/C=C\C/C=C\C/C=C\C/C=C\C/C=C\CCCCC(=O)NC(COC1OC(CO)C(OC2OC(CO)C(O)C(O)C2O)C(O)C1O)C(O)/C=C/CC/C=C/CCCCCCCCCCCCCCCCCCCCCCCCCCCC. The van der Waals surface area contributed by atoms with Gasteiger partial charge < -0.3 is 65.1 Å². The van der Waals surface area contributed by atoms with Crippen molar-refractivity contribution in [1.29, 1.82) is 0 Å². The van der Waals surface area contributed by atoms with Crippen molar-refractivity contribution in [1.82, 2.24) is 5.32 Å². The van der Waals surface area contributed by atoms with Crippen LogP contribution in [0.2, 0.25) is 0 Å². The largest absolute Gasteiger partial charge is 0.394 e. The third kappa shape index (κ3) is 54.6. The lowest BCUT2D eigenvalue weighted by Gasteiger charge is -2.46. The fourth-order valence-electron chi connectivity index (χ4n) is 12.6. The maximum atomic E-state index is 13.4. The van der Waals surface area contributed by atoms with Crippen molar-refractivity contribution in [2.75, 3.05) is 19.8 Å². The molecule has 1 amide bonds. The van der Waals surface area contributed by atoms with E-state index in [4.69, 9.17) is 18.9 Å². The zero-order valence-electron chi connectivity index (χ0n) is 65.7. The Morgan fingerprint density at radius 1 is 0.352 bits per heavy atom. The number of unbranched alkanes of at least 4 members (excludes halogenated alkanes) is 29. The Morgan fingerprint density at radius 3 is 1.05 bits per heavy atom. The number of carbonyl (C=O) groups excluding carboxylic acids is 1. The van der Waals surface area contributed by atoms with Crippen LogP contribution in [0, 0.1) is 0 Å². The van der Waals surface area contributed by atoms with Crippen molar-refractivity contribution in [2.45, 2.75) is 376 Å². The maximum Gasteiger partial charge on any atom is 0.220 e. The van der Waals surface area contributed by atoms with Crippen molar-refractivity contribution < 1.29 is 64.6 Å². The molecule has 2 heterocycles. The van der Waals surface area contributed by atoms with Gasteiger partial charge in [-0.25, -0.2) is 0 Å². The highest BCUT2D eigenvalue weighted by atomic mass is 16.7. The summed E-state index contributed by atoms with van der Waals surface area (Å²) < 4.78 is 22.9. The summed E-state index contributed by atoms with van der Waals surface area (Å²) in [5.41, 5.74) is 0. The average molecular weight is 1470 g/mol. The molecule has 14 heteroatoms. The van der Waals surface area contributed by atoms with Gasteiger partial charge in [-0.1, -0.05) is 344 Å². The second-order valence-corrected chi connectivity index (χ2v) is 28.5. The van der Waals surface area contributed by atoms with Gasteiger partial charge in [-0.05, 0) is 122 Å².